The van der Waals surface area contributed by atoms with E-state index in [1.54, 1.807) is 0 Å². The van der Waals surface area contributed by atoms with Crippen LogP contribution in [0.5, 0.6) is 0 Å². The minimum Gasteiger partial charge on any atom is -0.355 e. The second-order valence-electron chi connectivity index (χ2n) is 6.30. The molecular weight excluding hydrogens is 286 g/mol. The van der Waals surface area contributed by atoms with Crippen molar-refractivity contribution in [2.75, 3.05) is 18.0 Å². The summed E-state index contributed by atoms with van der Waals surface area (Å²) in [5.74, 6) is 1.01. The Morgan fingerprint density at radius 3 is 2.78 bits per heavy atom. The van der Waals surface area contributed by atoms with Crippen LogP contribution >= 0.6 is 0 Å². The predicted molar refractivity (Wildman–Crippen MR) is 92.6 cm³/mol. The van der Waals surface area contributed by atoms with Gasteiger partial charge in [-0.05, 0) is 31.9 Å². The molecule has 0 bridgehead atoms. The van der Waals surface area contributed by atoms with Crippen molar-refractivity contribution in [2.45, 2.75) is 25.8 Å². The lowest BCUT2D eigenvalue weighted by Crippen LogP contribution is -2.40. The van der Waals surface area contributed by atoms with E-state index in [1.165, 1.54) is 5.56 Å². The number of fused-ring (bicyclic) bond motifs is 1. The van der Waals surface area contributed by atoms with Gasteiger partial charge in [-0.1, -0.05) is 23.8 Å². The molecule has 3 aromatic rings. The van der Waals surface area contributed by atoms with Gasteiger partial charge in [0.05, 0.1) is 5.69 Å². The molecule has 0 radical (unpaired) electrons. The summed E-state index contributed by atoms with van der Waals surface area (Å²) < 4.78 is 1.93. The SMILES string of the molecule is Cc1cccc(-c2cc3c(N4CCC(N)CC4)nccn3n2)c1. The minimum absolute atomic E-state index is 0.318. The van der Waals surface area contributed by atoms with Crippen LogP contribution in [-0.2, 0) is 0 Å². The fourth-order valence-corrected chi connectivity index (χ4v) is 3.21. The smallest absolute Gasteiger partial charge is 0.154 e. The van der Waals surface area contributed by atoms with Crippen molar-refractivity contribution in [3.8, 4) is 11.3 Å². The summed E-state index contributed by atoms with van der Waals surface area (Å²) in [4.78, 5) is 6.92. The molecular formula is C18H21N5. The third-order valence-corrected chi connectivity index (χ3v) is 4.52. The predicted octanol–water partition coefficient (Wildman–Crippen LogP) is 2.63. The molecule has 1 aliphatic heterocycles. The third kappa shape index (κ3) is 2.68. The number of nitrogens with zero attached hydrogens (tertiary/aromatic N) is 4. The van der Waals surface area contributed by atoms with Crippen LogP contribution in [0.15, 0.2) is 42.7 Å². The summed E-state index contributed by atoms with van der Waals surface area (Å²) in [5, 5.41) is 4.72. The number of hydrogen-bond donors (Lipinski definition) is 1. The van der Waals surface area contributed by atoms with E-state index in [2.05, 4.69) is 47.1 Å². The van der Waals surface area contributed by atoms with Crippen LogP contribution in [0.25, 0.3) is 16.8 Å². The molecule has 2 aromatic heterocycles. The van der Waals surface area contributed by atoms with Gasteiger partial charge in [0.2, 0.25) is 0 Å². The molecule has 2 N–H and O–H groups in total. The lowest BCUT2D eigenvalue weighted by atomic mass is 10.1. The van der Waals surface area contributed by atoms with Crippen LogP contribution in [-0.4, -0.2) is 33.7 Å². The molecule has 0 saturated carbocycles. The molecule has 5 nitrogen and oxygen atoms in total. The number of aryl methyl sites for hydroxylation is 1. The van der Waals surface area contributed by atoms with Crippen molar-refractivity contribution >= 4 is 11.3 Å². The molecule has 1 aliphatic rings. The molecule has 1 aromatic carbocycles. The van der Waals surface area contributed by atoms with Gasteiger partial charge in [-0.2, -0.15) is 5.10 Å². The highest BCUT2D eigenvalue weighted by atomic mass is 15.3. The molecule has 1 fully saturated rings. The Labute approximate surface area is 135 Å². The maximum Gasteiger partial charge on any atom is 0.154 e. The first kappa shape index (κ1) is 14.2. The Balaban J connectivity index is 1.76. The Hall–Kier alpha value is -2.40. The highest BCUT2D eigenvalue weighted by Crippen LogP contribution is 2.27. The Kier molecular flexibility index (Phi) is 3.50. The topological polar surface area (TPSA) is 59.5 Å². The summed E-state index contributed by atoms with van der Waals surface area (Å²) >= 11 is 0. The summed E-state index contributed by atoms with van der Waals surface area (Å²) in [6, 6.07) is 10.9. The molecule has 1 saturated heterocycles. The molecule has 0 unspecified atom stereocenters. The monoisotopic (exact) mass is 307 g/mol. The van der Waals surface area contributed by atoms with Gasteiger partial charge in [-0.15, -0.1) is 0 Å². The molecule has 0 amide bonds. The first-order valence-corrected chi connectivity index (χ1v) is 8.13. The molecule has 5 heteroatoms. The normalized spacial score (nSPS) is 16.2. The molecule has 3 heterocycles. The maximum absolute atomic E-state index is 6.02. The first-order chi connectivity index (χ1) is 11.2. The van der Waals surface area contributed by atoms with Crippen molar-refractivity contribution < 1.29 is 0 Å². The quantitative estimate of drug-likeness (QED) is 0.790. The highest BCUT2D eigenvalue weighted by molar-refractivity contribution is 5.75. The van der Waals surface area contributed by atoms with Gasteiger partial charge in [0.1, 0.15) is 5.52 Å². The fourth-order valence-electron chi connectivity index (χ4n) is 3.21. The average Bonchev–Trinajstić information content (AvgIpc) is 3.00. The van der Waals surface area contributed by atoms with Crippen molar-refractivity contribution in [3.05, 3.63) is 48.3 Å². The van der Waals surface area contributed by atoms with E-state index in [0.717, 1.165) is 48.5 Å². The number of hydrogen-bond acceptors (Lipinski definition) is 4. The largest absolute Gasteiger partial charge is 0.355 e. The van der Waals surface area contributed by atoms with Gasteiger partial charge in [-0.25, -0.2) is 9.50 Å². The number of anilines is 1. The summed E-state index contributed by atoms with van der Waals surface area (Å²) in [6.45, 7) is 4.01. The van der Waals surface area contributed by atoms with Crippen LogP contribution in [0.3, 0.4) is 0 Å². The van der Waals surface area contributed by atoms with Crippen molar-refractivity contribution in [1.29, 1.82) is 0 Å². The zero-order chi connectivity index (χ0) is 15.8. The molecule has 0 aliphatic carbocycles. The second-order valence-corrected chi connectivity index (χ2v) is 6.30. The number of benzene rings is 1. The third-order valence-electron chi connectivity index (χ3n) is 4.52. The van der Waals surface area contributed by atoms with Crippen molar-refractivity contribution in [1.82, 2.24) is 14.6 Å². The van der Waals surface area contributed by atoms with E-state index < -0.39 is 0 Å². The van der Waals surface area contributed by atoms with E-state index >= 15 is 0 Å². The molecule has 118 valence electrons. The van der Waals surface area contributed by atoms with Gasteiger partial charge in [0.25, 0.3) is 0 Å². The summed E-state index contributed by atoms with van der Waals surface area (Å²) in [6.07, 6.45) is 5.76. The lowest BCUT2D eigenvalue weighted by molar-refractivity contribution is 0.499. The number of rotatable bonds is 2. The zero-order valence-corrected chi connectivity index (χ0v) is 13.3. The van der Waals surface area contributed by atoms with Crippen LogP contribution < -0.4 is 10.6 Å². The Morgan fingerprint density at radius 1 is 1.17 bits per heavy atom. The molecule has 0 atom stereocenters. The van der Waals surface area contributed by atoms with Gasteiger partial charge < -0.3 is 10.6 Å². The maximum atomic E-state index is 6.02. The van der Waals surface area contributed by atoms with Gasteiger partial charge >= 0.3 is 0 Å². The van der Waals surface area contributed by atoms with E-state index in [4.69, 9.17) is 10.8 Å². The fraction of sp³-hybridized carbons (Fsp3) is 0.333. The van der Waals surface area contributed by atoms with Gasteiger partial charge in [0, 0.05) is 37.1 Å². The molecule has 23 heavy (non-hydrogen) atoms. The average molecular weight is 307 g/mol. The van der Waals surface area contributed by atoms with E-state index in [-0.39, 0.29) is 0 Å². The van der Waals surface area contributed by atoms with E-state index in [0.29, 0.717) is 6.04 Å². The first-order valence-electron chi connectivity index (χ1n) is 8.13. The second kappa shape index (κ2) is 5.66. The Bertz CT molecular complexity index is 830. The van der Waals surface area contributed by atoms with Crippen molar-refractivity contribution in [3.63, 3.8) is 0 Å². The molecule has 4 rings (SSSR count). The minimum atomic E-state index is 0.318. The highest BCUT2D eigenvalue weighted by Gasteiger charge is 2.20. The summed E-state index contributed by atoms with van der Waals surface area (Å²) in [7, 11) is 0. The van der Waals surface area contributed by atoms with Crippen LogP contribution in [0, 0.1) is 6.92 Å². The van der Waals surface area contributed by atoms with Gasteiger partial charge in [0.15, 0.2) is 5.82 Å². The number of piperidine rings is 1. The standard InChI is InChI=1S/C18H21N5/c1-13-3-2-4-14(11-13)16-12-17-18(20-7-10-23(17)21-16)22-8-5-15(19)6-9-22/h2-4,7,10-12,15H,5-6,8-9,19H2,1H3. The lowest BCUT2D eigenvalue weighted by Gasteiger charge is -2.31. The number of nitrogens with two attached hydrogens (primary N) is 1. The van der Waals surface area contributed by atoms with E-state index in [9.17, 15) is 0 Å². The molecule has 0 spiro atoms. The number of aromatic nitrogens is 3. The van der Waals surface area contributed by atoms with Crippen LogP contribution in [0.4, 0.5) is 5.82 Å². The summed E-state index contributed by atoms with van der Waals surface area (Å²) in [5.41, 5.74) is 10.4. The van der Waals surface area contributed by atoms with E-state index in [1.807, 2.05) is 16.9 Å². The van der Waals surface area contributed by atoms with Crippen LogP contribution in [0.1, 0.15) is 18.4 Å². The Morgan fingerprint density at radius 2 is 2.00 bits per heavy atom. The van der Waals surface area contributed by atoms with Crippen molar-refractivity contribution in [2.24, 2.45) is 5.73 Å². The van der Waals surface area contributed by atoms with Crippen LogP contribution in [0.2, 0.25) is 0 Å². The van der Waals surface area contributed by atoms with Gasteiger partial charge in [-0.3, -0.25) is 0 Å². The zero-order valence-electron chi connectivity index (χ0n) is 13.3.